The molecule has 1 aromatic carbocycles. The number of nitrogens with zero attached hydrogens (tertiary/aromatic N) is 1. The molecule has 1 heterocycles. The van der Waals surface area contributed by atoms with Gasteiger partial charge >= 0.3 is 12.3 Å². The van der Waals surface area contributed by atoms with E-state index in [1.807, 2.05) is 31.2 Å². The van der Waals surface area contributed by atoms with Crippen molar-refractivity contribution in [3.05, 3.63) is 34.3 Å². The standard InChI is InChI=1S/C17H20BrF3N2O3/c1-11(13-4-2-3-5-14(13)18)22-15(24)12-6-8-23(9-7-12)16(25)26-10-17(19,20)21/h2-5,11-12H,6-10H2,1H3,(H,22,24)/t11-/m1/s1. The Morgan fingerprint density at radius 2 is 1.92 bits per heavy atom. The van der Waals surface area contributed by atoms with Gasteiger partial charge in [0.05, 0.1) is 6.04 Å². The molecule has 1 fully saturated rings. The molecule has 5 nitrogen and oxygen atoms in total. The molecule has 2 rings (SSSR count). The average molecular weight is 437 g/mol. The summed E-state index contributed by atoms with van der Waals surface area (Å²) in [7, 11) is 0. The van der Waals surface area contributed by atoms with E-state index in [2.05, 4.69) is 26.0 Å². The lowest BCUT2D eigenvalue weighted by Crippen LogP contribution is -2.44. The van der Waals surface area contributed by atoms with Crippen molar-refractivity contribution in [2.24, 2.45) is 5.92 Å². The molecule has 0 aromatic heterocycles. The van der Waals surface area contributed by atoms with Crippen LogP contribution in [-0.2, 0) is 9.53 Å². The maximum atomic E-state index is 12.4. The Morgan fingerprint density at radius 1 is 1.31 bits per heavy atom. The molecular formula is C17H20BrF3N2O3. The second-order valence-electron chi connectivity index (χ2n) is 6.18. The Balaban J connectivity index is 1.81. The SMILES string of the molecule is C[C@@H](NC(=O)C1CCN(C(=O)OCC(F)(F)F)CC1)c1ccccc1Br. The van der Waals surface area contributed by atoms with E-state index < -0.39 is 18.9 Å². The summed E-state index contributed by atoms with van der Waals surface area (Å²) in [5.74, 6) is -0.414. The minimum absolute atomic E-state index is 0.128. The first-order chi connectivity index (χ1) is 12.2. The minimum atomic E-state index is -4.55. The fraction of sp³-hybridized carbons (Fsp3) is 0.529. The van der Waals surface area contributed by atoms with E-state index in [1.54, 1.807) is 0 Å². The van der Waals surface area contributed by atoms with Crippen LogP contribution in [0.3, 0.4) is 0 Å². The minimum Gasteiger partial charge on any atom is -0.440 e. The molecule has 144 valence electrons. The van der Waals surface area contributed by atoms with Gasteiger partial charge in [-0.3, -0.25) is 4.79 Å². The number of piperidine rings is 1. The highest BCUT2D eigenvalue weighted by molar-refractivity contribution is 9.10. The highest BCUT2D eigenvalue weighted by Crippen LogP contribution is 2.25. The van der Waals surface area contributed by atoms with Crippen LogP contribution in [0.4, 0.5) is 18.0 Å². The lowest BCUT2D eigenvalue weighted by atomic mass is 9.95. The topological polar surface area (TPSA) is 58.6 Å². The van der Waals surface area contributed by atoms with Gasteiger partial charge in [-0.25, -0.2) is 4.79 Å². The number of carbonyl (C=O) groups excluding carboxylic acids is 2. The Labute approximate surface area is 158 Å². The number of hydrogen-bond acceptors (Lipinski definition) is 3. The molecule has 9 heteroatoms. The van der Waals surface area contributed by atoms with Gasteiger partial charge in [-0.1, -0.05) is 34.1 Å². The summed E-state index contributed by atoms with van der Waals surface area (Å²) < 4.78 is 41.4. The van der Waals surface area contributed by atoms with Gasteiger partial charge in [-0.2, -0.15) is 13.2 Å². The second-order valence-corrected chi connectivity index (χ2v) is 7.04. The molecule has 0 aliphatic carbocycles. The van der Waals surface area contributed by atoms with Crippen molar-refractivity contribution in [1.82, 2.24) is 10.2 Å². The number of ether oxygens (including phenoxy) is 1. The molecule has 26 heavy (non-hydrogen) atoms. The van der Waals surface area contributed by atoms with Gasteiger partial charge in [0.25, 0.3) is 0 Å². The molecule has 0 saturated carbocycles. The van der Waals surface area contributed by atoms with E-state index in [4.69, 9.17) is 0 Å². The largest absolute Gasteiger partial charge is 0.440 e. The smallest absolute Gasteiger partial charge is 0.422 e. The molecule has 1 aromatic rings. The summed E-state index contributed by atoms with van der Waals surface area (Å²) in [5, 5.41) is 2.94. The van der Waals surface area contributed by atoms with Gasteiger partial charge < -0.3 is 15.0 Å². The zero-order valence-electron chi connectivity index (χ0n) is 14.2. The summed E-state index contributed by atoms with van der Waals surface area (Å²) >= 11 is 3.45. The van der Waals surface area contributed by atoms with Crippen LogP contribution in [0.15, 0.2) is 28.7 Å². The first-order valence-electron chi connectivity index (χ1n) is 8.20. The van der Waals surface area contributed by atoms with E-state index in [0.29, 0.717) is 12.8 Å². The fourth-order valence-corrected chi connectivity index (χ4v) is 3.42. The molecule has 0 radical (unpaired) electrons. The molecule has 1 atom stereocenters. The van der Waals surface area contributed by atoms with Crippen LogP contribution in [0.2, 0.25) is 0 Å². The van der Waals surface area contributed by atoms with Crippen molar-refractivity contribution in [2.45, 2.75) is 32.0 Å². The number of carbonyl (C=O) groups is 2. The van der Waals surface area contributed by atoms with Gasteiger partial charge in [0.15, 0.2) is 6.61 Å². The number of nitrogens with one attached hydrogen (secondary N) is 1. The van der Waals surface area contributed by atoms with Crippen molar-refractivity contribution in [2.75, 3.05) is 19.7 Å². The Hall–Kier alpha value is -1.77. The summed E-state index contributed by atoms with van der Waals surface area (Å²) in [6.45, 7) is 0.660. The summed E-state index contributed by atoms with van der Waals surface area (Å²) in [6, 6.07) is 7.38. The van der Waals surface area contributed by atoms with Crippen LogP contribution in [0.1, 0.15) is 31.4 Å². The second kappa shape index (κ2) is 8.75. The molecule has 1 N–H and O–H groups in total. The van der Waals surface area contributed by atoms with Crippen molar-refractivity contribution >= 4 is 27.9 Å². The number of alkyl halides is 3. The summed E-state index contributed by atoms with van der Waals surface area (Å²) in [6.07, 6.45) is -4.77. The van der Waals surface area contributed by atoms with Crippen LogP contribution < -0.4 is 5.32 Å². The summed E-state index contributed by atoms with van der Waals surface area (Å²) in [5.41, 5.74) is 0.953. The van der Waals surface area contributed by atoms with E-state index in [9.17, 15) is 22.8 Å². The van der Waals surface area contributed by atoms with E-state index >= 15 is 0 Å². The Morgan fingerprint density at radius 3 is 2.50 bits per heavy atom. The molecule has 1 aliphatic heterocycles. The van der Waals surface area contributed by atoms with Gasteiger partial charge in [-0.05, 0) is 31.4 Å². The number of benzene rings is 1. The molecule has 0 spiro atoms. The van der Waals surface area contributed by atoms with Crippen LogP contribution in [0, 0.1) is 5.92 Å². The quantitative estimate of drug-likeness (QED) is 0.774. The Bertz CT molecular complexity index is 646. The van der Waals surface area contributed by atoms with Gasteiger partial charge in [0.2, 0.25) is 5.91 Å². The molecular weight excluding hydrogens is 417 g/mol. The third kappa shape index (κ3) is 5.89. The Kier molecular flexibility index (Phi) is 6.91. The first-order valence-corrected chi connectivity index (χ1v) is 9.00. The molecule has 2 amide bonds. The highest BCUT2D eigenvalue weighted by Gasteiger charge is 2.33. The van der Waals surface area contributed by atoms with Crippen molar-refractivity contribution < 1.29 is 27.5 Å². The predicted molar refractivity (Wildman–Crippen MR) is 92.4 cm³/mol. The van der Waals surface area contributed by atoms with Crippen LogP contribution >= 0.6 is 15.9 Å². The molecule has 0 unspecified atom stereocenters. The first kappa shape index (κ1) is 20.5. The highest BCUT2D eigenvalue weighted by atomic mass is 79.9. The number of amides is 2. The summed E-state index contributed by atoms with van der Waals surface area (Å²) in [4.78, 5) is 25.2. The monoisotopic (exact) mass is 436 g/mol. The van der Waals surface area contributed by atoms with Crippen molar-refractivity contribution in [3.63, 3.8) is 0 Å². The van der Waals surface area contributed by atoms with Gasteiger partial charge in [0.1, 0.15) is 0 Å². The lowest BCUT2D eigenvalue weighted by molar-refractivity contribution is -0.162. The molecule has 0 bridgehead atoms. The van der Waals surface area contributed by atoms with E-state index in [1.165, 1.54) is 4.90 Å². The van der Waals surface area contributed by atoms with Crippen LogP contribution in [0.25, 0.3) is 0 Å². The maximum absolute atomic E-state index is 12.4. The number of hydrogen-bond donors (Lipinski definition) is 1. The van der Waals surface area contributed by atoms with Crippen LogP contribution in [0.5, 0.6) is 0 Å². The van der Waals surface area contributed by atoms with Gasteiger partial charge in [-0.15, -0.1) is 0 Å². The molecule has 1 aliphatic rings. The average Bonchev–Trinajstić information content (AvgIpc) is 2.59. The maximum Gasteiger partial charge on any atom is 0.422 e. The fourth-order valence-electron chi connectivity index (χ4n) is 2.79. The molecule has 1 saturated heterocycles. The zero-order valence-corrected chi connectivity index (χ0v) is 15.8. The van der Waals surface area contributed by atoms with Crippen LogP contribution in [-0.4, -0.2) is 42.8 Å². The van der Waals surface area contributed by atoms with Crippen molar-refractivity contribution in [1.29, 1.82) is 0 Å². The predicted octanol–water partition coefficient (Wildman–Crippen LogP) is 4.04. The zero-order chi connectivity index (χ0) is 19.3. The third-order valence-corrected chi connectivity index (χ3v) is 4.94. The number of likely N-dealkylation sites (tertiary alicyclic amines) is 1. The van der Waals surface area contributed by atoms with Gasteiger partial charge in [0, 0.05) is 23.5 Å². The van der Waals surface area contributed by atoms with E-state index in [0.717, 1.165) is 10.0 Å². The number of halogens is 4. The normalized spacial score (nSPS) is 16.9. The lowest BCUT2D eigenvalue weighted by Gasteiger charge is -2.31. The van der Waals surface area contributed by atoms with Crippen molar-refractivity contribution in [3.8, 4) is 0 Å². The third-order valence-electron chi connectivity index (χ3n) is 4.21. The number of rotatable bonds is 4. The van der Waals surface area contributed by atoms with E-state index in [-0.39, 0.29) is 31.0 Å².